The lowest BCUT2D eigenvalue weighted by Crippen LogP contribution is -2.17. The number of aryl methyl sites for hydroxylation is 1. The summed E-state index contributed by atoms with van der Waals surface area (Å²) in [5.74, 6) is 0.102. The fraction of sp³-hybridized carbons (Fsp3) is 0.0833. The van der Waals surface area contributed by atoms with Gasteiger partial charge in [-0.2, -0.15) is 0 Å². The molecular weight excluding hydrogens is 495 g/mol. The third-order valence-electron chi connectivity index (χ3n) is 4.64. The van der Waals surface area contributed by atoms with Crippen molar-refractivity contribution in [1.29, 1.82) is 0 Å². The molecule has 6 heteroatoms. The number of halogens is 1. The molecule has 5 nitrogen and oxygen atoms in total. The summed E-state index contributed by atoms with van der Waals surface area (Å²) < 4.78 is 17.6. The number of ether oxygens (including phenoxy) is 2. The van der Waals surface area contributed by atoms with Crippen LogP contribution in [0.15, 0.2) is 75.9 Å². The summed E-state index contributed by atoms with van der Waals surface area (Å²) in [5, 5.41) is 0.359. The summed E-state index contributed by atoms with van der Waals surface area (Å²) in [5.41, 5.74) is 1.90. The van der Waals surface area contributed by atoms with E-state index in [1.165, 1.54) is 0 Å². The summed E-state index contributed by atoms with van der Waals surface area (Å²) in [7, 11) is 1.57. The monoisotopic (exact) mass is 512 g/mol. The van der Waals surface area contributed by atoms with E-state index in [2.05, 4.69) is 22.6 Å². The Kier molecular flexibility index (Phi) is 5.59. The molecule has 150 valence electrons. The lowest BCUT2D eigenvalue weighted by molar-refractivity contribution is 0.0730. The highest BCUT2D eigenvalue weighted by molar-refractivity contribution is 14.1. The Labute approximate surface area is 186 Å². The van der Waals surface area contributed by atoms with Gasteiger partial charge in [-0.05, 0) is 78.0 Å². The number of carbonyl (C=O) groups excluding carboxylic acids is 1. The highest BCUT2D eigenvalue weighted by atomic mass is 127. The maximum absolute atomic E-state index is 13.3. The van der Waals surface area contributed by atoms with Crippen molar-refractivity contribution in [1.82, 2.24) is 0 Å². The fourth-order valence-electron chi connectivity index (χ4n) is 3.09. The summed E-state index contributed by atoms with van der Waals surface area (Å²) in [6.07, 6.45) is 0. The van der Waals surface area contributed by atoms with Crippen LogP contribution in [0.4, 0.5) is 0 Å². The van der Waals surface area contributed by atoms with E-state index in [9.17, 15) is 9.59 Å². The molecule has 1 heterocycles. The average Bonchev–Trinajstić information content (AvgIpc) is 2.76. The molecule has 3 aromatic carbocycles. The highest BCUT2D eigenvalue weighted by Gasteiger charge is 2.22. The molecule has 30 heavy (non-hydrogen) atoms. The van der Waals surface area contributed by atoms with E-state index >= 15 is 0 Å². The summed E-state index contributed by atoms with van der Waals surface area (Å²) in [6, 6.07) is 19.4. The first kappa shape index (κ1) is 20.2. The second kappa shape index (κ2) is 8.31. The molecule has 0 saturated heterocycles. The number of hydrogen-bond acceptors (Lipinski definition) is 5. The van der Waals surface area contributed by atoms with Crippen molar-refractivity contribution >= 4 is 39.5 Å². The van der Waals surface area contributed by atoms with Crippen LogP contribution in [0.3, 0.4) is 0 Å². The summed E-state index contributed by atoms with van der Waals surface area (Å²) in [6.45, 7) is 1.88. The molecule has 0 saturated carbocycles. The molecule has 0 N–H and O–H groups in total. The number of hydrogen-bond donors (Lipinski definition) is 0. The van der Waals surface area contributed by atoms with Gasteiger partial charge in [0.2, 0.25) is 11.2 Å². The van der Waals surface area contributed by atoms with Crippen molar-refractivity contribution in [2.45, 2.75) is 6.92 Å². The lowest BCUT2D eigenvalue weighted by Gasteiger charge is -2.12. The molecule has 0 unspecified atom stereocenters. The van der Waals surface area contributed by atoms with Crippen LogP contribution in [0.2, 0.25) is 0 Å². The molecule has 0 atom stereocenters. The smallest absolute Gasteiger partial charge is 0.344 e. The molecule has 0 radical (unpaired) electrons. The van der Waals surface area contributed by atoms with E-state index in [4.69, 9.17) is 13.9 Å². The third-order valence-corrected chi connectivity index (χ3v) is 5.59. The summed E-state index contributed by atoms with van der Waals surface area (Å²) in [4.78, 5) is 26.1. The van der Waals surface area contributed by atoms with Gasteiger partial charge in [-0.15, -0.1) is 0 Å². The van der Waals surface area contributed by atoms with Crippen LogP contribution in [-0.4, -0.2) is 13.1 Å². The number of benzene rings is 3. The van der Waals surface area contributed by atoms with Crippen molar-refractivity contribution in [3.05, 3.63) is 91.7 Å². The zero-order valence-corrected chi connectivity index (χ0v) is 18.4. The predicted octanol–water partition coefficient (Wildman–Crippen LogP) is 5.60. The molecule has 0 spiro atoms. The molecule has 0 aliphatic carbocycles. The Hall–Kier alpha value is -3.13. The van der Waals surface area contributed by atoms with Crippen molar-refractivity contribution < 1.29 is 18.7 Å². The molecule has 0 aliphatic rings. The van der Waals surface area contributed by atoms with Crippen LogP contribution in [0.5, 0.6) is 11.5 Å². The van der Waals surface area contributed by atoms with E-state index in [1.54, 1.807) is 61.7 Å². The van der Waals surface area contributed by atoms with Crippen LogP contribution >= 0.6 is 22.6 Å². The zero-order chi connectivity index (χ0) is 21.3. The normalized spacial score (nSPS) is 10.8. The largest absolute Gasteiger partial charge is 0.497 e. The Morgan fingerprint density at radius 1 is 1.00 bits per heavy atom. The van der Waals surface area contributed by atoms with E-state index in [0.29, 0.717) is 27.8 Å². The van der Waals surface area contributed by atoms with Crippen molar-refractivity contribution in [2.75, 3.05) is 7.11 Å². The van der Waals surface area contributed by atoms with Gasteiger partial charge in [-0.3, -0.25) is 4.79 Å². The van der Waals surface area contributed by atoms with E-state index < -0.39 is 11.4 Å². The first-order valence-corrected chi connectivity index (χ1v) is 10.2. The maximum Gasteiger partial charge on any atom is 0.344 e. The maximum atomic E-state index is 13.3. The van der Waals surface area contributed by atoms with Gasteiger partial charge in [0.15, 0.2) is 5.76 Å². The molecular formula is C24H17IO5. The topological polar surface area (TPSA) is 65.7 Å². The van der Waals surface area contributed by atoms with Gasteiger partial charge >= 0.3 is 5.97 Å². The number of methoxy groups -OCH3 is 1. The minimum atomic E-state index is -0.617. The Morgan fingerprint density at radius 2 is 1.73 bits per heavy atom. The Bertz CT molecular complexity index is 1310. The molecule has 0 bridgehead atoms. The average molecular weight is 512 g/mol. The zero-order valence-electron chi connectivity index (χ0n) is 16.3. The van der Waals surface area contributed by atoms with Gasteiger partial charge in [0.1, 0.15) is 11.3 Å². The number of fused-ring (bicyclic) bond motifs is 1. The Balaban J connectivity index is 1.90. The SMILES string of the molecule is COc1ccc(-c2oc3ccc(C)cc3c(=O)c2OC(=O)c2ccccc2I)cc1. The van der Waals surface area contributed by atoms with Crippen LogP contribution < -0.4 is 14.9 Å². The van der Waals surface area contributed by atoms with Crippen LogP contribution in [0.1, 0.15) is 15.9 Å². The van der Waals surface area contributed by atoms with Crippen LogP contribution in [0.25, 0.3) is 22.3 Å². The van der Waals surface area contributed by atoms with E-state index in [0.717, 1.165) is 9.13 Å². The molecule has 0 fully saturated rings. The molecule has 4 aromatic rings. The third kappa shape index (κ3) is 3.82. The minimum Gasteiger partial charge on any atom is -0.497 e. The second-order valence-electron chi connectivity index (χ2n) is 6.69. The van der Waals surface area contributed by atoms with Crippen molar-refractivity contribution in [3.8, 4) is 22.8 Å². The number of carbonyl (C=O) groups is 1. The number of rotatable bonds is 4. The highest BCUT2D eigenvalue weighted by Crippen LogP contribution is 2.33. The predicted molar refractivity (Wildman–Crippen MR) is 123 cm³/mol. The number of esters is 1. The molecule has 0 aliphatic heterocycles. The lowest BCUT2D eigenvalue weighted by atomic mass is 10.1. The van der Waals surface area contributed by atoms with Crippen molar-refractivity contribution in [3.63, 3.8) is 0 Å². The second-order valence-corrected chi connectivity index (χ2v) is 7.85. The van der Waals surface area contributed by atoms with Crippen LogP contribution in [-0.2, 0) is 0 Å². The molecule has 4 rings (SSSR count). The first-order valence-electron chi connectivity index (χ1n) is 9.16. The van der Waals surface area contributed by atoms with Gasteiger partial charge in [0, 0.05) is 9.13 Å². The Morgan fingerprint density at radius 3 is 2.43 bits per heavy atom. The molecule has 0 amide bonds. The summed E-state index contributed by atoms with van der Waals surface area (Å²) >= 11 is 2.06. The first-order chi connectivity index (χ1) is 14.5. The van der Waals surface area contributed by atoms with Gasteiger partial charge in [0.25, 0.3) is 0 Å². The van der Waals surface area contributed by atoms with Gasteiger partial charge in [-0.25, -0.2) is 4.79 Å². The van der Waals surface area contributed by atoms with Gasteiger partial charge in [-0.1, -0.05) is 23.8 Å². The van der Waals surface area contributed by atoms with Crippen molar-refractivity contribution in [2.24, 2.45) is 0 Å². The quantitative estimate of drug-likeness (QED) is 0.263. The standard InChI is InChI=1S/C24H17IO5/c1-14-7-12-20-18(13-14)21(26)23(30-24(27)17-5-3-4-6-19(17)25)22(29-20)15-8-10-16(28-2)11-9-15/h3-13H,1-2H3. The van der Waals surface area contributed by atoms with Gasteiger partial charge < -0.3 is 13.9 Å². The molecule has 1 aromatic heterocycles. The van der Waals surface area contributed by atoms with Gasteiger partial charge in [0.05, 0.1) is 18.1 Å². The fourth-order valence-corrected chi connectivity index (χ4v) is 3.70. The van der Waals surface area contributed by atoms with E-state index in [1.807, 2.05) is 19.1 Å². The van der Waals surface area contributed by atoms with E-state index in [-0.39, 0.29) is 11.5 Å². The minimum absolute atomic E-state index is 0.136. The van der Waals surface area contributed by atoms with Crippen LogP contribution in [0, 0.1) is 10.5 Å².